The van der Waals surface area contributed by atoms with E-state index >= 15 is 0 Å². The maximum atomic E-state index is 13.0. The molecule has 2 aliphatic rings. The lowest BCUT2D eigenvalue weighted by atomic mass is 10.1. The molecule has 3 rings (SSSR count). The van der Waals surface area contributed by atoms with Crippen LogP contribution in [0.3, 0.4) is 0 Å². The lowest BCUT2D eigenvalue weighted by Gasteiger charge is -2.18. The third kappa shape index (κ3) is 3.72. The molecule has 2 fully saturated rings. The number of hydrogen-bond donors (Lipinski definition) is 1. The lowest BCUT2D eigenvalue weighted by molar-refractivity contribution is -0.137. The molecule has 0 aromatic heterocycles. The van der Waals surface area contributed by atoms with Gasteiger partial charge < -0.3 is 10.2 Å². The first-order valence-corrected chi connectivity index (χ1v) is 8.07. The van der Waals surface area contributed by atoms with Crippen molar-refractivity contribution in [2.75, 3.05) is 25.0 Å². The van der Waals surface area contributed by atoms with E-state index in [9.17, 15) is 13.2 Å². The largest absolute Gasteiger partial charge is 0.418 e. The number of nitrogens with one attached hydrogen (secondary N) is 1. The van der Waals surface area contributed by atoms with Crippen LogP contribution in [0.15, 0.2) is 22.7 Å². The van der Waals surface area contributed by atoms with Gasteiger partial charge in [-0.05, 0) is 49.9 Å². The van der Waals surface area contributed by atoms with Crippen molar-refractivity contribution in [3.63, 3.8) is 0 Å². The topological polar surface area (TPSA) is 15.3 Å². The van der Waals surface area contributed by atoms with E-state index in [0.717, 1.165) is 31.6 Å². The molecule has 0 spiro atoms. The van der Waals surface area contributed by atoms with Crippen LogP contribution >= 0.6 is 15.9 Å². The summed E-state index contributed by atoms with van der Waals surface area (Å²) in [5.41, 5.74) is -0.426. The monoisotopic (exact) mass is 362 g/mol. The van der Waals surface area contributed by atoms with Crippen LogP contribution in [0.5, 0.6) is 0 Å². The van der Waals surface area contributed by atoms with Crippen molar-refractivity contribution in [2.45, 2.75) is 31.5 Å². The predicted octanol–water partition coefficient (Wildman–Crippen LogP) is 4.36. The number of nitrogens with zero attached hydrogens (tertiary/aromatic N) is 1. The Morgan fingerprint density at radius 1 is 1.24 bits per heavy atom. The summed E-state index contributed by atoms with van der Waals surface area (Å²) in [6.07, 6.45) is -0.695. The molecule has 1 saturated heterocycles. The van der Waals surface area contributed by atoms with Crippen LogP contribution in [-0.4, -0.2) is 30.6 Å². The Hall–Kier alpha value is -0.750. The summed E-state index contributed by atoms with van der Waals surface area (Å²) in [4.78, 5) is 2.47. The highest BCUT2D eigenvalue weighted by molar-refractivity contribution is 9.10. The van der Waals surface area contributed by atoms with Gasteiger partial charge in [0.1, 0.15) is 0 Å². The maximum Gasteiger partial charge on any atom is 0.418 e. The van der Waals surface area contributed by atoms with E-state index < -0.39 is 11.7 Å². The van der Waals surface area contributed by atoms with E-state index in [2.05, 4.69) is 26.1 Å². The van der Waals surface area contributed by atoms with Crippen molar-refractivity contribution in [1.29, 1.82) is 0 Å². The van der Waals surface area contributed by atoms with E-state index in [4.69, 9.17) is 0 Å². The fourth-order valence-electron chi connectivity index (χ4n) is 2.96. The zero-order chi connectivity index (χ0) is 15.0. The van der Waals surface area contributed by atoms with Gasteiger partial charge in [0.05, 0.1) is 5.56 Å². The minimum absolute atomic E-state index is 0.176. The van der Waals surface area contributed by atoms with Crippen LogP contribution in [0.1, 0.15) is 24.8 Å². The number of anilines is 1. The fraction of sp³-hybridized carbons (Fsp3) is 0.600. The van der Waals surface area contributed by atoms with Gasteiger partial charge in [-0.2, -0.15) is 13.2 Å². The van der Waals surface area contributed by atoms with Gasteiger partial charge in [0, 0.05) is 29.3 Å². The second-order valence-electron chi connectivity index (χ2n) is 5.95. The van der Waals surface area contributed by atoms with E-state index in [-0.39, 0.29) is 5.69 Å². The SMILES string of the molecule is FC(F)(F)c1cc(Br)ccc1NCC1CCN(C2CC2)C1. The van der Waals surface area contributed by atoms with Crippen molar-refractivity contribution in [3.05, 3.63) is 28.2 Å². The van der Waals surface area contributed by atoms with Gasteiger partial charge in [0.15, 0.2) is 0 Å². The Kier molecular flexibility index (Phi) is 4.19. The Morgan fingerprint density at radius 2 is 2.00 bits per heavy atom. The molecule has 116 valence electrons. The number of halogens is 4. The van der Waals surface area contributed by atoms with E-state index in [1.807, 2.05) is 0 Å². The number of benzene rings is 1. The van der Waals surface area contributed by atoms with Crippen LogP contribution in [0.25, 0.3) is 0 Å². The van der Waals surface area contributed by atoms with Gasteiger partial charge >= 0.3 is 6.18 Å². The number of rotatable bonds is 4. The Morgan fingerprint density at radius 3 is 2.67 bits per heavy atom. The van der Waals surface area contributed by atoms with Crippen molar-refractivity contribution < 1.29 is 13.2 Å². The maximum absolute atomic E-state index is 13.0. The van der Waals surface area contributed by atoms with Gasteiger partial charge in [-0.1, -0.05) is 15.9 Å². The quantitative estimate of drug-likeness (QED) is 0.855. The molecule has 1 aliphatic heterocycles. The minimum Gasteiger partial charge on any atom is -0.384 e. The molecule has 0 bridgehead atoms. The molecule has 1 saturated carbocycles. The molecule has 1 aliphatic carbocycles. The summed E-state index contributed by atoms with van der Waals surface area (Å²) >= 11 is 3.10. The van der Waals surface area contributed by atoms with Crippen molar-refractivity contribution in [1.82, 2.24) is 4.90 Å². The van der Waals surface area contributed by atoms with Gasteiger partial charge in [-0.3, -0.25) is 0 Å². The molecule has 1 aromatic carbocycles. The van der Waals surface area contributed by atoms with Crippen LogP contribution in [0.2, 0.25) is 0 Å². The molecule has 0 amide bonds. The molecule has 0 radical (unpaired) electrons. The molecule has 1 aromatic rings. The molecule has 1 heterocycles. The molecular weight excluding hydrogens is 345 g/mol. The lowest BCUT2D eigenvalue weighted by Crippen LogP contribution is -2.25. The van der Waals surface area contributed by atoms with Gasteiger partial charge in [0.25, 0.3) is 0 Å². The van der Waals surface area contributed by atoms with E-state index in [0.29, 0.717) is 16.9 Å². The fourth-order valence-corrected chi connectivity index (χ4v) is 3.32. The number of likely N-dealkylation sites (tertiary alicyclic amines) is 1. The first-order valence-electron chi connectivity index (χ1n) is 7.28. The summed E-state index contributed by atoms with van der Waals surface area (Å²) in [6, 6.07) is 5.02. The summed E-state index contributed by atoms with van der Waals surface area (Å²) in [5, 5.41) is 3.00. The zero-order valence-corrected chi connectivity index (χ0v) is 13.2. The zero-order valence-electron chi connectivity index (χ0n) is 11.6. The molecule has 1 atom stereocenters. The first kappa shape index (κ1) is 15.2. The molecular formula is C15H18BrF3N2. The average Bonchev–Trinajstić information content (AvgIpc) is 3.16. The van der Waals surface area contributed by atoms with Crippen LogP contribution in [-0.2, 0) is 6.18 Å². The number of hydrogen-bond acceptors (Lipinski definition) is 2. The smallest absolute Gasteiger partial charge is 0.384 e. The highest BCUT2D eigenvalue weighted by atomic mass is 79.9. The van der Waals surface area contributed by atoms with E-state index in [1.54, 1.807) is 6.07 Å². The highest BCUT2D eigenvalue weighted by Gasteiger charge is 2.36. The second kappa shape index (κ2) is 5.80. The van der Waals surface area contributed by atoms with Gasteiger partial charge in [0.2, 0.25) is 0 Å². The molecule has 2 nitrogen and oxygen atoms in total. The van der Waals surface area contributed by atoms with Crippen LogP contribution in [0, 0.1) is 5.92 Å². The second-order valence-corrected chi connectivity index (χ2v) is 6.87. The molecule has 21 heavy (non-hydrogen) atoms. The van der Waals surface area contributed by atoms with Crippen molar-refractivity contribution >= 4 is 21.6 Å². The van der Waals surface area contributed by atoms with Crippen LogP contribution < -0.4 is 5.32 Å². The molecule has 6 heteroatoms. The Bertz CT molecular complexity index is 514. The van der Waals surface area contributed by atoms with Crippen molar-refractivity contribution in [2.24, 2.45) is 5.92 Å². The summed E-state index contributed by atoms with van der Waals surface area (Å²) in [7, 11) is 0. The molecule has 1 unspecified atom stereocenters. The highest BCUT2D eigenvalue weighted by Crippen LogP contribution is 2.37. The van der Waals surface area contributed by atoms with Gasteiger partial charge in [-0.25, -0.2) is 0 Å². The van der Waals surface area contributed by atoms with Crippen molar-refractivity contribution in [3.8, 4) is 0 Å². The van der Waals surface area contributed by atoms with E-state index in [1.165, 1.54) is 18.9 Å². The minimum atomic E-state index is -4.33. The number of alkyl halides is 3. The van der Waals surface area contributed by atoms with Crippen LogP contribution in [0.4, 0.5) is 18.9 Å². The average molecular weight is 363 g/mol. The summed E-state index contributed by atoms with van der Waals surface area (Å²) in [6.45, 7) is 2.70. The summed E-state index contributed by atoms with van der Waals surface area (Å²) in [5.74, 6) is 0.440. The standard InChI is InChI=1S/C15H18BrF3N2/c16-11-1-4-14(13(7-11)15(17,18)19)20-8-10-5-6-21(9-10)12-2-3-12/h1,4,7,10,12,20H,2-3,5-6,8-9H2. The third-order valence-corrected chi connectivity index (χ3v) is 4.74. The normalized spacial score (nSPS) is 23.5. The third-order valence-electron chi connectivity index (χ3n) is 4.25. The summed E-state index contributed by atoms with van der Waals surface area (Å²) < 4.78 is 39.6. The first-order chi connectivity index (χ1) is 9.93. The predicted molar refractivity (Wildman–Crippen MR) is 80.3 cm³/mol. The Labute approximate surface area is 130 Å². The Balaban J connectivity index is 1.62. The molecule has 1 N–H and O–H groups in total. The van der Waals surface area contributed by atoms with Gasteiger partial charge in [-0.15, -0.1) is 0 Å².